The van der Waals surface area contributed by atoms with E-state index >= 15 is 0 Å². The lowest BCUT2D eigenvalue weighted by atomic mass is 10.0. The van der Waals surface area contributed by atoms with Crippen molar-refractivity contribution < 1.29 is 28.5 Å². The zero-order chi connectivity index (χ0) is 23.0. The molecular formula is C21H31N3O6S. The van der Waals surface area contributed by atoms with E-state index in [2.05, 4.69) is 23.5 Å². The number of nitrogens with one attached hydrogen (secondary N) is 1. The maximum atomic E-state index is 12.5. The maximum Gasteiger partial charge on any atom is 0.250 e. The summed E-state index contributed by atoms with van der Waals surface area (Å²) < 4.78 is 32.5. The Bertz CT molecular complexity index is 875. The van der Waals surface area contributed by atoms with Crippen LogP contribution in [0.25, 0.3) is 6.08 Å². The second-order valence-electron chi connectivity index (χ2n) is 7.47. The number of anilines is 1. The molecule has 0 saturated carbocycles. The molecule has 1 aliphatic heterocycles. The van der Waals surface area contributed by atoms with Crippen molar-refractivity contribution in [2.45, 2.75) is 51.1 Å². The molecule has 4 N–H and O–H groups in total. The Morgan fingerprint density at radius 2 is 1.81 bits per heavy atom. The van der Waals surface area contributed by atoms with Crippen LogP contribution in [0, 0.1) is 11.3 Å². The number of nitrogens with zero attached hydrogens (tertiary/aromatic N) is 2. The molecule has 4 atom stereocenters. The number of ether oxygens (including phenoxy) is 1. The van der Waals surface area contributed by atoms with Crippen LogP contribution in [0.1, 0.15) is 32.3 Å². The summed E-state index contributed by atoms with van der Waals surface area (Å²) in [7, 11) is -4.16. The van der Waals surface area contributed by atoms with Crippen molar-refractivity contribution >= 4 is 21.8 Å². The first-order chi connectivity index (χ1) is 14.7. The predicted octanol–water partition coefficient (Wildman–Crippen LogP) is 0.578. The highest BCUT2D eigenvalue weighted by Crippen LogP contribution is 2.20. The molecule has 2 rings (SSSR count). The minimum atomic E-state index is -4.16. The number of sulfonamides is 1. The summed E-state index contributed by atoms with van der Waals surface area (Å²) in [6.07, 6.45) is -1.89. The van der Waals surface area contributed by atoms with Crippen molar-refractivity contribution in [1.29, 1.82) is 5.26 Å². The topological polar surface area (TPSA) is 143 Å². The molecule has 9 nitrogen and oxygen atoms in total. The van der Waals surface area contributed by atoms with Gasteiger partial charge in [0.15, 0.2) is 4.91 Å². The van der Waals surface area contributed by atoms with E-state index in [-0.39, 0.29) is 13.2 Å². The van der Waals surface area contributed by atoms with E-state index in [1.54, 1.807) is 18.2 Å². The highest BCUT2D eigenvalue weighted by atomic mass is 32.2. The molecule has 1 aromatic carbocycles. The number of rotatable bonds is 10. The fraction of sp³-hybridized carbons (Fsp3) is 0.571. The van der Waals surface area contributed by atoms with Crippen LogP contribution in [0.3, 0.4) is 0 Å². The Labute approximate surface area is 183 Å². The highest BCUT2D eigenvalue weighted by Gasteiger charge is 2.38. The van der Waals surface area contributed by atoms with Crippen molar-refractivity contribution in [2.24, 2.45) is 0 Å². The number of allylic oxidation sites excluding steroid dienone is 1. The van der Waals surface area contributed by atoms with Gasteiger partial charge in [-0.25, -0.2) is 13.1 Å². The van der Waals surface area contributed by atoms with Gasteiger partial charge >= 0.3 is 0 Å². The van der Waals surface area contributed by atoms with Crippen molar-refractivity contribution in [2.75, 3.05) is 31.1 Å². The van der Waals surface area contributed by atoms with Gasteiger partial charge in [-0.1, -0.05) is 26.0 Å². The number of nitriles is 1. The molecule has 10 heteroatoms. The zero-order valence-corrected chi connectivity index (χ0v) is 18.6. The van der Waals surface area contributed by atoms with Crippen LogP contribution in [0.2, 0.25) is 0 Å². The van der Waals surface area contributed by atoms with Crippen LogP contribution in [-0.2, 0) is 14.8 Å². The number of aliphatic hydroxyl groups excluding tert-OH is 3. The zero-order valence-electron chi connectivity index (χ0n) is 17.8. The minimum absolute atomic E-state index is 0.231. The predicted molar refractivity (Wildman–Crippen MR) is 118 cm³/mol. The van der Waals surface area contributed by atoms with E-state index < -0.39 is 39.3 Å². The minimum Gasteiger partial charge on any atom is -0.388 e. The lowest BCUT2D eigenvalue weighted by Crippen LogP contribution is -2.56. The number of benzene rings is 1. The molecule has 172 valence electrons. The third kappa shape index (κ3) is 6.74. The van der Waals surface area contributed by atoms with Crippen LogP contribution in [-0.4, -0.2) is 74.4 Å². The van der Waals surface area contributed by atoms with Crippen molar-refractivity contribution in [1.82, 2.24) is 4.72 Å². The molecule has 0 bridgehead atoms. The first-order valence-electron chi connectivity index (χ1n) is 10.4. The standard InChI is InChI=1S/C21H31N3O6S/c1-3-9-24(10-4-2)16-7-5-15(6-8-16)11-17(12-22)31(28,29)23-13-19-21(27)20(26)18(25)14-30-19/h5-8,11,18-21,23,25-27H,3-4,9-10,13-14H2,1-2H3/b17-11+/t18-,19+,20+,21+/m0/s1. The first-order valence-corrected chi connectivity index (χ1v) is 11.8. The average molecular weight is 454 g/mol. The molecule has 0 aliphatic carbocycles. The summed E-state index contributed by atoms with van der Waals surface area (Å²) in [4.78, 5) is 1.77. The fourth-order valence-electron chi connectivity index (χ4n) is 3.33. The summed E-state index contributed by atoms with van der Waals surface area (Å²) in [6, 6.07) is 8.99. The third-order valence-corrected chi connectivity index (χ3v) is 6.36. The quantitative estimate of drug-likeness (QED) is 0.377. The lowest BCUT2D eigenvalue weighted by Gasteiger charge is -2.35. The molecule has 1 heterocycles. The van der Waals surface area contributed by atoms with E-state index in [1.165, 1.54) is 6.08 Å². The first kappa shape index (κ1) is 25.3. The van der Waals surface area contributed by atoms with Gasteiger partial charge in [0.2, 0.25) is 0 Å². The van der Waals surface area contributed by atoms with Crippen molar-refractivity contribution in [3.05, 3.63) is 34.7 Å². The van der Waals surface area contributed by atoms with Gasteiger partial charge in [0.05, 0.1) is 12.7 Å². The van der Waals surface area contributed by atoms with E-state index in [0.29, 0.717) is 5.56 Å². The Hall–Kier alpha value is -2.00. The van der Waals surface area contributed by atoms with E-state index in [9.17, 15) is 29.0 Å². The van der Waals surface area contributed by atoms with Crippen LogP contribution >= 0.6 is 0 Å². The molecule has 1 saturated heterocycles. The second kappa shape index (κ2) is 11.6. The number of hydrogen-bond acceptors (Lipinski definition) is 8. The van der Waals surface area contributed by atoms with Gasteiger partial charge < -0.3 is 25.0 Å². The van der Waals surface area contributed by atoms with Crippen LogP contribution in [0.5, 0.6) is 0 Å². The summed E-state index contributed by atoms with van der Waals surface area (Å²) in [5.41, 5.74) is 1.59. The molecule has 0 radical (unpaired) electrons. The normalized spacial score (nSPS) is 24.6. The van der Waals surface area contributed by atoms with Gasteiger partial charge in [0, 0.05) is 25.3 Å². The molecule has 1 fully saturated rings. The fourth-order valence-corrected chi connectivity index (χ4v) is 4.28. The lowest BCUT2D eigenvalue weighted by molar-refractivity contribution is -0.184. The van der Waals surface area contributed by atoms with Crippen molar-refractivity contribution in [3.8, 4) is 6.07 Å². The number of aliphatic hydroxyl groups is 3. The third-order valence-electron chi connectivity index (χ3n) is 5.02. The Kier molecular flexibility index (Phi) is 9.43. The van der Waals surface area contributed by atoms with Crippen LogP contribution in [0.15, 0.2) is 29.2 Å². The Balaban J connectivity index is 2.10. The summed E-state index contributed by atoms with van der Waals surface area (Å²) in [5, 5.41) is 38.5. The maximum absolute atomic E-state index is 12.5. The van der Waals surface area contributed by atoms with E-state index in [4.69, 9.17) is 4.74 Å². The molecule has 0 amide bonds. The van der Waals surface area contributed by atoms with Crippen LogP contribution in [0.4, 0.5) is 5.69 Å². The SMILES string of the molecule is CCCN(CCC)c1ccc(/C=C(\C#N)S(=O)(=O)NC[C@H]2OC[C@H](O)[C@@H](O)[C@@H]2O)cc1. The highest BCUT2D eigenvalue weighted by molar-refractivity contribution is 7.93. The van der Waals surface area contributed by atoms with Gasteiger partial charge in [0.25, 0.3) is 10.0 Å². The van der Waals surface area contributed by atoms with Crippen LogP contribution < -0.4 is 9.62 Å². The molecule has 1 aromatic rings. The molecule has 1 aliphatic rings. The monoisotopic (exact) mass is 453 g/mol. The van der Waals surface area contributed by atoms with Gasteiger partial charge in [-0.05, 0) is 36.6 Å². The van der Waals surface area contributed by atoms with Crippen molar-refractivity contribution in [3.63, 3.8) is 0 Å². The van der Waals surface area contributed by atoms with Gasteiger partial charge in [-0.15, -0.1) is 0 Å². The summed E-state index contributed by atoms with van der Waals surface area (Å²) in [5.74, 6) is 0. The smallest absolute Gasteiger partial charge is 0.250 e. The molecule has 0 aromatic heterocycles. The second-order valence-corrected chi connectivity index (χ2v) is 9.21. The summed E-state index contributed by atoms with van der Waals surface area (Å²) >= 11 is 0. The number of hydrogen-bond donors (Lipinski definition) is 4. The van der Waals surface area contributed by atoms with E-state index in [0.717, 1.165) is 31.6 Å². The van der Waals surface area contributed by atoms with E-state index in [1.807, 2.05) is 12.1 Å². The largest absolute Gasteiger partial charge is 0.388 e. The molecule has 0 unspecified atom stereocenters. The van der Waals surface area contributed by atoms with Gasteiger partial charge in [-0.3, -0.25) is 0 Å². The molecule has 0 spiro atoms. The van der Waals surface area contributed by atoms with Gasteiger partial charge in [0.1, 0.15) is 24.4 Å². The Morgan fingerprint density at radius 1 is 1.19 bits per heavy atom. The van der Waals surface area contributed by atoms with Gasteiger partial charge in [-0.2, -0.15) is 5.26 Å². The molecular weight excluding hydrogens is 422 g/mol. The summed E-state index contributed by atoms with van der Waals surface area (Å²) in [6.45, 7) is 5.48. The molecule has 31 heavy (non-hydrogen) atoms. The Morgan fingerprint density at radius 3 is 2.35 bits per heavy atom. The average Bonchev–Trinajstić information content (AvgIpc) is 2.75.